The van der Waals surface area contributed by atoms with Gasteiger partial charge in [-0.25, -0.2) is 0 Å². The lowest BCUT2D eigenvalue weighted by molar-refractivity contribution is -0.134. The molecule has 6 nitrogen and oxygen atoms in total. The van der Waals surface area contributed by atoms with Crippen LogP contribution >= 0.6 is 0 Å². The van der Waals surface area contributed by atoms with Crippen molar-refractivity contribution in [3.05, 3.63) is 53.3 Å². The van der Waals surface area contributed by atoms with E-state index in [9.17, 15) is 9.59 Å². The topological polar surface area (TPSA) is 58.4 Å². The Bertz CT molecular complexity index is 837. The first kappa shape index (κ1) is 18.7. The Kier molecular flexibility index (Phi) is 5.46. The van der Waals surface area contributed by atoms with Crippen molar-refractivity contribution in [2.75, 3.05) is 26.2 Å². The predicted molar refractivity (Wildman–Crippen MR) is 107 cm³/mol. The third kappa shape index (κ3) is 3.55. The number of aromatic nitrogens is 2. The standard InChI is InChI=1S/C22H28N4O2/c1-2-18(17-8-4-3-5-9-17)21(27)24-12-14-25(15-13-24)22(28)19-16-23-26-11-7-6-10-20(19)26/h3-5,8-9,16,18H,2,6-7,10-15H2,1H3. The van der Waals surface area contributed by atoms with E-state index in [0.717, 1.165) is 49.0 Å². The molecule has 3 heterocycles. The van der Waals surface area contributed by atoms with Crippen LogP contribution in [0.4, 0.5) is 0 Å². The predicted octanol–water partition coefficient (Wildman–Crippen LogP) is 2.70. The molecule has 1 saturated heterocycles. The second-order valence-electron chi connectivity index (χ2n) is 7.67. The van der Waals surface area contributed by atoms with Gasteiger partial charge in [0.15, 0.2) is 0 Å². The Balaban J connectivity index is 1.40. The number of fused-ring (bicyclic) bond motifs is 1. The van der Waals surface area contributed by atoms with Gasteiger partial charge in [0, 0.05) is 32.7 Å². The number of hydrogen-bond acceptors (Lipinski definition) is 3. The summed E-state index contributed by atoms with van der Waals surface area (Å²) in [6, 6.07) is 9.98. The fraction of sp³-hybridized carbons (Fsp3) is 0.500. The lowest BCUT2D eigenvalue weighted by Crippen LogP contribution is -2.51. The number of aryl methyl sites for hydroxylation is 1. The maximum Gasteiger partial charge on any atom is 0.257 e. The number of piperazine rings is 1. The highest BCUT2D eigenvalue weighted by Gasteiger charge is 2.31. The summed E-state index contributed by atoms with van der Waals surface area (Å²) in [5.74, 6) is 0.125. The number of carbonyl (C=O) groups excluding carboxylic acids is 2. The Labute approximate surface area is 166 Å². The molecular weight excluding hydrogens is 352 g/mol. The number of nitrogens with zero attached hydrogens (tertiary/aromatic N) is 4. The first-order valence-electron chi connectivity index (χ1n) is 10.4. The molecule has 148 valence electrons. The van der Waals surface area contributed by atoms with Crippen molar-refractivity contribution in [2.45, 2.75) is 45.1 Å². The van der Waals surface area contributed by atoms with Gasteiger partial charge in [-0.05, 0) is 31.2 Å². The molecule has 6 heteroatoms. The number of carbonyl (C=O) groups is 2. The molecule has 1 fully saturated rings. The maximum atomic E-state index is 13.0. The molecule has 0 radical (unpaired) electrons. The number of rotatable bonds is 4. The zero-order valence-electron chi connectivity index (χ0n) is 16.5. The zero-order valence-corrected chi connectivity index (χ0v) is 16.5. The Morgan fingerprint density at radius 1 is 1.00 bits per heavy atom. The molecule has 28 heavy (non-hydrogen) atoms. The first-order valence-corrected chi connectivity index (χ1v) is 10.4. The molecule has 1 aromatic heterocycles. The summed E-state index contributed by atoms with van der Waals surface area (Å²) in [4.78, 5) is 29.8. The lowest BCUT2D eigenvalue weighted by Gasteiger charge is -2.36. The third-order valence-electron chi connectivity index (χ3n) is 6.00. The minimum atomic E-state index is -0.105. The molecule has 1 unspecified atom stereocenters. The van der Waals surface area contributed by atoms with Crippen LogP contribution in [-0.4, -0.2) is 57.6 Å². The van der Waals surface area contributed by atoms with Crippen molar-refractivity contribution in [3.63, 3.8) is 0 Å². The first-order chi connectivity index (χ1) is 13.7. The maximum absolute atomic E-state index is 13.0. The summed E-state index contributed by atoms with van der Waals surface area (Å²) in [5, 5.41) is 4.39. The molecule has 0 saturated carbocycles. The van der Waals surface area contributed by atoms with Crippen LogP contribution in [0.3, 0.4) is 0 Å². The molecule has 1 atom stereocenters. The van der Waals surface area contributed by atoms with Crippen LogP contribution in [-0.2, 0) is 17.8 Å². The van der Waals surface area contributed by atoms with Crippen molar-refractivity contribution < 1.29 is 9.59 Å². The van der Waals surface area contributed by atoms with Crippen LogP contribution in [0, 0.1) is 0 Å². The second-order valence-corrected chi connectivity index (χ2v) is 7.67. The van der Waals surface area contributed by atoms with Gasteiger partial charge < -0.3 is 9.80 Å². The van der Waals surface area contributed by atoms with E-state index in [2.05, 4.69) is 12.0 Å². The Hall–Kier alpha value is -2.63. The largest absolute Gasteiger partial charge is 0.339 e. The molecule has 2 aromatic rings. The van der Waals surface area contributed by atoms with Gasteiger partial charge in [-0.15, -0.1) is 0 Å². The van der Waals surface area contributed by atoms with Crippen LogP contribution in [0.1, 0.15) is 53.7 Å². The van der Waals surface area contributed by atoms with E-state index in [1.54, 1.807) is 6.20 Å². The summed E-state index contributed by atoms with van der Waals surface area (Å²) < 4.78 is 1.97. The van der Waals surface area contributed by atoms with E-state index < -0.39 is 0 Å². The fourth-order valence-electron chi connectivity index (χ4n) is 4.36. The summed E-state index contributed by atoms with van der Waals surface area (Å²) in [5.41, 5.74) is 2.89. The van der Waals surface area contributed by atoms with Crippen molar-refractivity contribution >= 4 is 11.8 Å². The average Bonchev–Trinajstić information content (AvgIpc) is 3.19. The molecule has 0 aliphatic carbocycles. The normalized spacial score (nSPS) is 17.9. The molecule has 2 aliphatic rings. The second kappa shape index (κ2) is 8.17. The highest BCUT2D eigenvalue weighted by atomic mass is 16.2. The van der Waals surface area contributed by atoms with Gasteiger partial charge in [-0.2, -0.15) is 5.10 Å². The summed E-state index contributed by atoms with van der Waals surface area (Å²) in [7, 11) is 0. The molecule has 4 rings (SSSR count). The van der Waals surface area contributed by atoms with Gasteiger partial charge in [-0.3, -0.25) is 14.3 Å². The van der Waals surface area contributed by atoms with Gasteiger partial charge >= 0.3 is 0 Å². The highest BCUT2D eigenvalue weighted by molar-refractivity contribution is 5.95. The monoisotopic (exact) mass is 380 g/mol. The van der Waals surface area contributed by atoms with E-state index in [1.165, 1.54) is 0 Å². The lowest BCUT2D eigenvalue weighted by atomic mass is 9.94. The van der Waals surface area contributed by atoms with E-state index in [1.807, 2.05) is 44.8 Å². The van der Waals surface area contributed by atoms with Crippen molar-refractivity contribution in [1.82, 2.24) is 19.6 Å². The van der Waals surface area contributed by atoms with Crippen LogP contribution in [0.5, 0.6) is 0 Å². The Morgan fingerprint density at radius 3 is 2.43 bits per heavy atom. The highest BCUT2D eigenvalue weighted by Crippen LogP contribution is 2.24. The molecule has 1 aromatic carbocycles. The number of benzene rings is 1. The van der Waals surface area contributed by atoms with Crippen LogP contribution in [0.25, 0.3) is 0 Å². The zero-order chi connectivity index (χ0) is 19.5. The molecule has 2 aliphatic heterocycles. The van der Waals surface area contributed by atoms with E-state index in [4.69, 9.17) is 0 Å². The van der Waals surface area contributed by atoms with E-state index in [-0.39, 0.29) is 17.7 Å². The van der Waals surface area contributed by atoms with Crippen molar-refractivity contribution in [1.29, 1.82) is 0 Å². The summed E-state index contributed by atoms with van der Waals surface area (Å²) in [6.07, 6.45) is 5.68. The number of hydrogen-bond donors (Lipinski definition) is 0. The summed E-state index contributed by atoms with van der Waals surface area (Å²) in [6.45, 7) is 5.32. The minimum absolute atomic E-state index is 0.0605. The fourth-order valence-corrected chi connectivity index (χ4v) is 4.36. The van der Waals surface area contributed by atoms with E-state index >= 15 is 0 Å². The Morgan fingerprint density at radius 2 is 1.71 bits per heavy atom. The number of amides is 2. The van der Waals surface area contributed by atoms with Gasteiger partial charge in [0.2, 0.25) is 5.91 Å². The van der Waals surface area contributed by atoms with E-state index in [0.29, 0.717) is 26.2 Å². The summed E-state index contributed by atoms with van der Waals surface area (Å²) >= 11 is 0. The van der Waals surface area contributed by atoms with Crippen molar-refractivity contribution in [2.24, 2.45) is 0 Å². The molecule has 0 spiro atoms. The SMILES string of the molecule is CCC(C(=O)N1CCN(C(=O)c2cnn3c2CCCC3)CC1)c1ccccc1. The minimum Gasteiger partial charge on any atom is -0.339 e. The molecule has 2 amide bonds. The average molecular weight is 380 g/mol. The van der Waals surface area contributed by atoms with Crippen molar-refractivity contribution in [3.8, 4) is 0 Å². The third-order valence-corrected chi connectivity index (χ3v) is 6.00. The van der Waals surface area contributed by atoms with Gasteiger partial charge in [0.1, 0.15) is 0 Å². The van der Waals surface area contributed by atoms with Gasteiger partial charge in [-0.1, -0.05) is 37.3 Å². The van der Waals surface area contributed by atoms with Crippen LogP contribution in [0.2, 0.25) is 0 Å². The smallest absolute Gasteiger partial charge is 0.257 e. The van der Waals surface area contributed by atoms with Gasteiger partial charge in [0.05, 0.1) is 23.4 Å². The molecule has 0 N–H and O–H groups in total. The van der Waals surface area contributed by atoms with Gasteiger partial charge in [0.25, 0.3) is 5.91 Å². The van der Waals surface area contributed by atoms with Crippen LogP contribution in [0.15, 0.2) is 36.5 Å². The molecular formula is C22H28N4O2. The molecule has 0 bridgehead atoms. The van der Waals surface area contributed by atoms with Crippen LogP contribution < -0.4 is 0 Å². The quantitative estimate of drug-likeness (QED) is 0.819.